The second kappa shape index (κ2) is 7.40. The lowest BCUT2D eigenvalue weighted by Crippen LogP contribution is -2.40. The molecule has 0 unspecified atom stereocenters. The van der Waals surface area contributed by atoms with Crippen LogP contribution in [0.15, 0.2) is 10.8 Å². The van der Waals surface area contributed by atoms with Crippen LogP contribution in [0, 0.1) is 5.41 Å². The Bertz CT molecular complexity index is 457. The van der Waals surface area contributed by atoms with Gasteiger partial charge in [-0.15, -0.1) is 0 Å². The summed E-state index contributed by atoms with van der Waals surface area (Å²) in [6.07, 6.45) is 5.13. The van der Waals surface area contributed by atoms with Crippen LogP contribution in [0.5, 0.6) is 0 Å². The largest absolute Gasteiger partial charge is 0.369 e. The van der Waals surface area contributed by atoms with E-state index in [2.05, 4.69) is 62.3 Å². The summed E-state index contributed by atoms with van der Waals surface area (Å²) in [4.78, 5) is 11.0. The molecule has 1 aromatic rings. The first-order valence-corrected chi connectivity index (χ1v) is 8.50. The zero-order valence-corrected chi connectivity index (χ0v) is 14.8. The van der Waals surface area contributed by atoms with Gasteiger partial charge >= 0.3 is 0 Å². The molecule has 1 aliphatic heterocycles. The first-order chi connectivity index (χ1) is 10.0. The van der Waals surface area contributed by atoms with Crippen molar-refractivity contribution in [2.24, 2.45) is 5.41 Å². The Hall–Kier alpha value is -0.880. The average Bonchev–Trinajstić information content (AvgIpc) is 2.48. The molecule has 6 heteroatoms. The van der Waals surface area contributed by atoms with Crippen LogP contribution in [0.2, 0.25) is 0 Å². The van der Waals surface area contributed by atoms with E-state index in [1.54, 1.807) is 6.33 Å². The highest BCUT2D eigenvalue weighted by Crippen LogP contribution is 2.32. The van der Waals surface area contributed by atoms with E-state index in [1.165, 1.54) is 25.9 Å². The lowest BCUT2D eigenvalue weighted by Gasteiger charge is -2.38. The van der Waals surface area contributed by atoms with Crippen molar-refractivity contribution in [2.45, 2.75) is 33.1 Å². The van der Waals surface area contributed by atoms with Crippen LogP contribution in [-0.4, -0.2) is 48.1 Å². The summed E-state index contributed by atoms with van der Waals surface area (Å²) in [6, 6.07) is 0. The highest BCUT2D eigenvalue weighted by molar-refractivity contribution is 9.10. The van der Waals surface area contributed by atoms with Gasteiger partial charge in [-0.05, 0) is 60.7 Å². The number of halogens is 1. The Morgan fingerprint density at radius 1 is 1.24 bits per heavy atom. The number of rotatable bonds is 6. The van der Waals surface area contributed by atoms with Gasteiger partial charge < -0.3 is 15.5 Å². The third-order valence-electron chi connectivity index (χ3n) is 4.21. The van der Waals surface area contributed by atoms with E-state index in [9.17, 15) is 0 Å². The fourth-order valence-electron chi connectivity index (χ4n) is 2.49. The summed E-state index contributed by atoms with van der Waals surface area (Å²) in [5.41, 5.74) is 0.341. The van der Waals surface area contributed by atoms with Crippen LogP contribution in [0.1, 0.15) is 33.1 Å². The molecular weight excluding hydrogens is 330 g/mol. The van der Waals surface area contributed by atoms with Gasteiger partial charge in [0.1, 0.15) is 22.4 Å². The molecule has 0 saturated carbocycles. The lowest BCUT2D eigenvalue weighted by atomic mass is 9.80. The Morgan fingerprint density at radius 2 is 1.86 bits per heavy atom. The fraction of sp³-hybridized carbons (Fsp3) is 0.733. The van der Waals surface area contributed by atoms with Crippen LogP contribution in [0.3, 0.4) is 0 Å². The number of hydrogen-bond acceptors (Lipinski definition) is 5. The zero-order chi connectivity index (χ0) is 15.3. The molecule has 1 fully saturated rings. The standard InChI is InChI=1S/C15H26BrN5/c1-4-7-17-13-12(16)14(20-11-19-13)18-10-15(2)5-8-21(3)9-6-15/h11H,4-10H2,1-3H3,(H2,17,18,19,20). The quantitative estimate of drug-likeness (QED) is 0.820. The second-order valence-electron chi connectivity index (χ2n) is 6.28. The predicted molar refractivity (Wildman–Crippen MR) is 91.8 cm³/mol. The van der Waals surface area contributed by atoms with Crippen molar-refractivity contribution < 1.29 is 0 Å². The molecule has 0 amide bonds. The normalized spacial score (nSPS) is 18.5. The number of hydrogen-bond donors (Lipinski definition) is 2. The van der Waals surface area contributed by atoms with E-state index in [1.807, 2.05) is 0 Å². The van der Waals surface area contributed by atoms with Crippen molar-refractivity contribution >= 4 is 27.6 Å². The number of aromatic nitrogens is 2. The zero-order valence-electron chi connectivity index (χ0n) is 13.2. The number of likely N-dealkylation sites (tertiary alicyclic amines) is 1. The number of anilines is 2. The third-order valence-corrected chi connectivity index (χ3v) is 4.96. The van der Waals surface area contributed by atoms with Gasteiger partial charge in [0.25, 0.3) is 0 Å². The van der Waals surface area contributed by atoms with Gasteiger partial charge in [-0.25, -0.2) is 9.97 Å². The minimum absolute atomic E-state index is 0.341. The van der Waals surface area contributed by atoms with Gasteiger partial charge in [0.15, 0.2) is 0 Å². The molecule has 1 aromatic heterocycles. The first-order valence-electron chi connectivity index (χ1n) is 7.71. The van der Waals surface area contributed by atoms with Gasteiger partial charge in [0.2, 0.25) is 0 Å². The summed E-state index contributed by atoms with van der Waals surface area (Å²) in [7, 11) is 2.19. The van der Waals surface area contributed by atoms with E-state index >= 15 is 0 Å². The van der Waals surface area contributed by atoms with E-state index in [0.29, 0.717) is 5.41 Å². The maximum absolute atomic E-state index is 4.36. The van der Waals surface area contributed by atoms with Gasteiger partial charge in [0, 0.05) is 13.1 Å². The predicted octanol–water partition coefficient (Wildman–Crippen LogP) is 3.20. The molecule has 118 valence electrons. The van der Waals surface area contributed by atoms with Crippen molar-refractivity contribution in [3.8, 4) is 0 Å². The molecule has 0 atom stereocenters. The average molecular weight is 356 g/mol. The summed E-state index contributed by atoms with van der Waals surface area (Å²) in [5, 5.41) is 6.81. The van der Waals surface area contributed by atoms with Crippen molar-refractivity contribution in [1.82, 2.24) is 14.9 Å². The molecule has 2 N–H and O–H groups in total. The van der Waals surface area contributed by atoms with Crippen LogP contribution in [-0.2, 0) is 0 Å². The van der Waals surface area contributed by atoms with Crippen molar-refractivity contribution in [1.29, 1.82) is 0 Å². The van der Waals surface area contributed by atoms with Crippen molar-refractivity contribution in [3.05, 3.63) is 10.8 Å². The highest BCUT2D eigenvalue weighted by Gasteiger charge is 2.28. The molecule has 1 aliphatic rings. The van der Waals surface area contributed by atoms with E-state index in [-0.39, 0.29) is 0 Å². The van der Waals surface area contributed by atoms with Crippen LogP contribution < -0.4 is 10.6 Å². The van der Waals surface area contributed by atoms with Gasteiger partial charge in [-0.3, -0.25) is 0 Å². The molecule has 5 nitrogen and oxygen atoms in total. The summed E-state index contributed by atoms with van der Waals surface area (Å²) in [6.45, 7) is 8.71. The fourth-order valence-corrected chi connectivity index (χ4v) is 2.98. The molecule has 2 heterocycles. The smallest absolute Gasteiger partial charge is 0.145 e. The van der Waals surface area contributed by atoms with E-state index in [4.69, 9.17) is 0 Å². The maximum Gasteiger partial charge on any atom is 0.145 e. The SMILES string of the molecule is CCCNc1ncnc(NCC2(C)CCN(C)CC2)c1Br. The van der Waals surface area contributed by atoms with Crippen LogP contribution >= 0.6 is 15.9 Å². The molecule has 0 spiro atoms. The van der Waals surface area contributed by atoms with Gasteiger partial charge in [-0.2, -0.15) is 0 Å². The van der Waals surface area contributed by atoms with Gasteiger partial charge in [0.05, 0.1) is 0 Å². The molecule has 0 aromatic carbocycles. The highest BCUT2D eigenvalue weighted by atomic mass is 79.9. The Kier molecular flexibility index (Phi) is 5.81. The van der Waals surface area contributed by atoms with E-state index in [0.717, 1.165) is 35.6 Å². The lowest BCUT2D eigenvalue weighted by molar-refractivity contribution is 0.150. The molecule has 1 saturated heterocycles. The second-order valence-corrected chi connectivity index (χ2v) is 7.07. The minimum atomic E-state index is 0.341. The number of nitrogens with zero attached hydrogens (tertiary/aromatic N) is 3. The molecule has 0 bridgehead atoms. The summed E-state index contributed by atoms with van der Waals surface area (Å²) >= 11 is 3.61. The molecule has 2 rings (SSSR count). The maximum atomic E-state index is 4.36. The number of piperidine rings is 1. The summed E-state index contributed by atoms with van der Waals surface area (Å²) in [5.74, 6) is 1.74. The van der Waals surface area contributed by atoms with Gasteiger partial charge in [-0.1, -0.05) is 13.8 Å². The molecular formula is C15H26BrN5. The molecule has 21 heavy (non-hydrogen) atoms. The van der Waals surface area contributed by atoms with E-state index < -0.39 is 0 Å². The Balaban J connectivity index is 1.96. The first kappa shape index (κ1) is 16.5. The number of nitrogens with one attached hydrogen (secondary N) is 2. The van der Waals surface area contributed by atoms with Crippen LogP contribution in [0.25, 0.3) is 0 Å². The topological polar surface area (TPSA) is 53.1 Å². The third kappa shape index (κ3) is 4.54. The minimum Gasteiger partial charge on any atom is -0.369 e. The van der Waals surface area contributed by atoms with Crippen LogP contribution in [0.4, 0.5) is 11.6 Å². The molecule has 0 radical (unpaired) electrons. The van der Waals surface area contributed by atoms with Crippen molar-refractivity contribution in [3.63, 3.8) is 0 Å². The Morgan fingerprint density at radius 3 is 2.48 bits per heavy atom. The van der Waals surface area contributed by atoms with Crippen molar-refractivity contribution in [2.75, 3.05) is 43.9 Å². The summed E-state index contributed by atoms with van der Waals surface area (Å²) < 4.78 is 0.926. The molecule has 0 aliphatic carbocycles. The Labute approximate surface area is 136 Å². The monoisotopic (exact) mass is 355 g/mol.